The van der Waals surface area contributed by atoms with E-state index in [0.717, 1.165) is 103 Å². The second-order valence-electron chi connectivity index (χ2n) is 19.5. The molecule has 74 heavy (non-hydrogen) atoms. The van der Waals surface area contributed by atoms with Crippen molar-refractivity contribution in [1.29, 1.82) is 0 Å². The van der Waals surface area contributed by atoms with Crippen molar-refractivity contribution in [3.63, 3.8) is 0 Å². The first kappa shape index (κ1) is 69.9. The topological polar surface area (TPSA) is 111 Å². The van der Waals surface area contributed by atoms with Crippen molar-refractivity contribution >= 4 is 19.8 Å². The van der Waals surface area contributed by atoms with Crippen LogP contribution in [-0.4, -0.2) is 70.0 Å². The third kappa shape index (κ3) is 57.2. The van der Waals surface area contributed by atoms with E-state index in [1.54, 1.807) is 0 Å². The summed E-state index contributed by atoms with van der Waals surface area (Å²) in [5.74, 6) is -0.919. The molecule has 0 aliphatic heterocycles. The Kier molecular flexibility index (Phi) is 50.7. The number of hydrogen-bond donors (Lipinski definition) is 0. The number of rotatable bonds is 50. The normalized spacial score (nSPS) is 14.4. The monoisotopic (exact) mass is 1050 g/mol. The van der Waals surface area contributed by atoms with Crippen LogP contribution in [0.3, 0.4) is 0 Å². The summed E-state index contributed by atoms with van der Waals surface area (Å²) >= 11 is 0. The summed E-state index contributed by atoms with van der Waals surface area (Å²) in [6.07, 6.45) is 79.0. The zero-order chi connectivity index (χ0) is 54.2. The van der Waals surface area contributed by atoms with Crippen molar-refractivity contribution < 1.29 is 42.1 Å². The Balaban J connectivity index is 4.31. The lowest BCUT2D eigenvalue weighted by atomic mass is 10.0. The first-order valence-electron chi connectivity index (χ1n) is 28.5. The molecule has 2 unspecified atom stereocenters. The number of unbranched alkanes of at least 4 members (excludes halogenated alkanes) is 12. The zero-order valence-corrected chi connectivity index (χ0v) is 48.1. The molecule has 0 N–H and O–H groups in total. The Hall–Kier alpha value is -4.11. The molecular weight excluding hydrogens is 942 g/mol. The van der Waals surface area contributed by atoms with E-state index in [2.05, 4.69) is 154 Å². The van der Waals surface area contributed by atoms with Gasteiger partial charge in [0.1, 0.15) is 19.8 Å². The maximum absolute atomic E-state index is 12.8. The zero-order valence-electron chi connectivity index (χ0n) is 47.2. The second kappa shape index (κ2) is 53.7. The van der Waals surface area contributed by atoms with Crippen LogP contribution in [0.15, 0.2) is 146 Å². The average molecular weight is 1050 g/mol. The highest BCUT2D eigenvalue weighted by molar-refractivity contribution is 7.45. The molecule has 0 aromatic rings. The highest BCUT2D eigenvalue weighted by Gasteiger charge is 2.21. The van der Waals surface area contributed by atoms with Crippen LogP contribution < -0.4 is 4.89 Å². The summed E-state index contributed by atoms with van der Waals surface area (Å²) in [5.41, 5.74) is 0. The minimum Gasteiger partial charge on any atom is -0.756 e. The summed E-state index contributed by atoms with van der Waals surface area (Å²) in [6, 6.07) is 0. The average Bonchev–Trinajstić information content (AvgIpc) is 3.36. The molecule has 0 heterocycles. The Bertz CT molecular complexity index is 1760. The molecule has 0 amide bonds. The van der Waals surface area contributed by atoms with Crippen LogP contribution >= 0.6 is 7.82 Å². The van der Waals surface area contributed by atoms with Crippen LogP contribution in [0.25, 0.3) is 0 Å². The van der Waals surface area contributed by atoms with Gasteiger partial charge in [-0.15, -0.1) is 0 Å². The fourth-order valence-corrected chi connectivity index (χ4v) is 7.75. The van der Waals surface area contributed by atoms with E-state index in [9.17, 15) is 19.0 Å². The van der Waals surface area contributed by atoms with Gasteiger partial charge in [0.25, 0.3) is 7.82 Å². The minimum absolute atomic E-state index is 0.0508. The first-order chi connectivity index (χ1) is 36.0. The van der Waals surface area contributed by atoms with Crippen molar-refractivity contribution in [2.45, 2.75) is 200 Å². The Morgan fingerprint density at radius 3 is 1.12 bits per heavy atom. The predicted octanol–water partition coefficient (Wildman–Crippen LogP) is 17.3. The predicted molar refractivity (Wildman–Crippen MR) is 314 cm³/mol. The number of phosphoric acid groups is 1. The van der Waals surface area contributed by atoms with E-state index >= 15 is 0 Å². The molecule has 418 valence electrons. The van der Waals surface area contributed by atoms with Gasteiger partial charge >= 0.3 is 11.9 Å². The molecule has 0 saturated carbocycles. The van der Waals surface area contributed by atoms with Crippen LogP contribution in [0.1, 0.15) is 194 Å². The van der Waals surface area contributed by atoms with Crippen molar-refractivity contribution in [3.05, 3.63) is 146 Å². The van der Waals surface area contributed by atoms with Gasteiger partial charge in [-0.25, -0.2) is 0 Å². The molecule has 0 rings (SSSR count). The van der Waals surface area contributed by atoms with E-state index in [0.29, 0.717) is 30.3 Å². The lowest BCUT2D eigenvalue weighted by Gasteiger charge is -2.28. The third-order valence-corrected chi connectivity index (χ3v) is 12.3. The number of carbonyl (C=O) groups excluding carboxylic acids is 2. The van der Waals surface area contributed by atoms with Gasteiger partial charge in [-0.2, -0.15) is 0 Å². The van der Waals surface area contributed by atoms with Gasteiger partial charge in [0.05, 0.1) is 27.7 Å². The van der Waals surface area contributed by atoms with Gasteiger partial charge in [-0.3, -0.25) is 14.2 Å². The lowest BCUT2D eigenvalue weighted by Crippen LogP contribution is -2.37. The van der Waals surface area contributed by atoms with Crippen molar-refractivity contribution in [3.8, 4) is 0 Å². The van der Waals surface area contributed by atoms with Crippen molar-refractivity contribution in [2.75, 3.05) is 47.5 Å². The summed E-state index contributed by atoms with van der Waals surface area (Å²) in [4.78, 5) is 37.8. The molecule has 0 aromatic carbocycles. The van der Waals surface area contributed by atoms with E-state index in [1.165, 1.54) is 44.9 Å². The van der Waals surface area contributed by atoms with Crippen LogP contribution in [0, 0.1) is 0 Å². The third-order valence-electron chi connectivity index (χ3n) is 11.4. The number of quaternary nitrogens is 1. The highest BCUT2D eigenvalue weighted by Crippen LogP contribution is 2.38. The van der Waals surface area contributed by atoms with Crippen molar-refractivity contribution in [1.82, 2.24) is 0 Å². The number of hydrogen-bond acceptors (Lipinski definition) is 8. The van der Waals surface area contributed by atoms with Crippen LogP contribution in [0.5, 0.6) is 0 Å². The number of allylic oxidation sites excluding steroid dienone is 24. The highest BCUT2D eigenvalue weighted by atomic mass is 31.2. The molecule has 2 atom stereocenters. The SMILES string of the molecule is CC/C=C\C/C=C\C/C=C\C/C=C\C/C=C\C/C=C\C/C=C\CCCC(=O)OC(COC(=O)CCCCCCCCCCCCC/C=C\C/C=C\C/C=C\C/C=C\C/C=C\CC)COP(=O)([O-])OCC[N+](C)(C)C. The minimum atomic E-state index is -4.66. The van der Waals surface area contributed by atoms with Crippen LogP contribution in [0.2, 0.25) is 0 Å². The van der Waals surface area contributed by atoms with E-state index in [4.69, 9.17) is 18.5 Å². The Morgan fingerprint density at radius 1 is 0.419 bits per heavy atom. The van der Waals surface area contributed by atoms with Gasteiger partial charge in [-0.1, -0.05) is 217 Å². The maximum atomic E-state index is 12.8. The fraction of sp³-hybridized carbons (Fsp3) is 0.594. The number of ether oxygens (including phenoxy) is 2. The number of carbonyl (C=O) groups is 2. The molecule has 10 heteroatoms. The van der Waals surface area contributed by atoms with Gasteiger partial charge in [-0.05, 0) is 109 Å². The van der Waals surface area contributed by atoms with E-state index in [1.807, 2.05) is 27.2 Å². The summed E-state index contributed by atoms with van der Waals surface area (Å²) in [6.45, 7) is 3.92. The molecule has 0 fully saturated rings. The molecule has 0 bridgehead atoms. The van der Waals surface area contributed by atoms with E-state index < -0.39 is 32.5 Å². The Labute approximate surface area is 453 Å². The number of phosphoric ester groups is 1. The summed E-state index contributed by atoms with van der Waals surface area (Å²) < 4.78 is 34.1. The molecule has 9 nitrogen and oxygen atoms in total. The summed E-state index contributed by atoms with van der Waals surface area (Å²) in [7, 11) is 1.10. The van der Waals surface area contributed by atoms with Gasteiger partial charge in [0, 0.05) is 12.8 Å². The standard InChI is InChI=1S/C64H104NO8P/c1-6-8-10-12-14-16-18-20-22-24-26-28-30-31-32-33-35-36-38-40-42-44-46-48-50-52-54-56-63(66)70-60-62(61-72-74(68,69)71-59-58-65(3,4)5)73-64(67)57-55-53-51-49-47-45-43-41-39-37-34-29-27-25-23-21-19-17-15-13-11-9-7-2/h8-11,14-17,20-23,26-29,31-32,37,39,43,45,49,51,62H,6-7,12-13,18-19,24-25,30,33-36,38,40-42,44,46-48,50,52-61H2,1-5H3/b10-8-,11-9-,16-14-,17-15-,22-20-,23-21-,28-26-,29-27-,32-31-,39-37-,45-43-,51-49-. The quantitative estimate of drug-likeness (QED) is 0.0195. The van der Waals surface area contributed by atoms with Crippen molar-refractivity contribution in [2.24, 2.45) is 0 Å². The van der Waals surface area contributed by atoms with Crippen LogP contribution in [-0.2, 0) is 32.7 Å². The molecular formula is C64H104NO8P. The smallest absolute Gasteiger partial charge is 0.306 e. The Morgan fingerprint density at radius 2 is 0.743 bits per heavy atom. The molecule has 0 aliphatic carbocycles. The first-order valence-corrected chi connectivity index (χ1v) is 30.0. The molecule has 0 aliphatic rings. The molecule has 0 aromatic heterocycles. The van der Waals surface area contributed by atoms with E-state index in [-0.39, 0.29) is 26.1 Å². The molecule has 0 radical (unpaired) electrons. The van der Waals surface area contributed by atoms with Gasteiger partial charge in [0.15, 0.2) is 6.10 Å². The fourth-order valence-electron chi connectivity index (χ4n) is 7.02. The lowest BCUT2D eigenvalue weighted by molar-refractivity contribution is -0.870. The number of nitrogens with zero attached hydrogens (tertiary/aromatic N) is 1. The second-order valence-corrected chi connectivity index (χ2v) is 20.9. The van der Waals surface area contributed by atoms with Gasteiger partial charge < -0.3 is 27.9 Å². The molecule has 0 saturated heterocycles. The largest absolute Gasteiger partial charge is 0.756 e. The van der Waals surface area contributed by atoms with Crippen LogP contribution in [0.4, 0.5) is 0 Å². The molecule has 0 spiro atoms. The number of likely N-dealkylation sites (N-methyl/N-ethyl adjacent to an activating group) is 1. The van der Waals surface area contributed by atoms with Gasteiger partial charge in [0.2, 0.25) is 0 Å². The summed E-state index contributed by atoms with van der Waals surface area (Å²) in [5, 5.41) is 0. The maximum Gasteiger partial charge on any atom is 0.306 e. The number of esters is 2.